The minimum atomic E-state index is -0.505. The number of furan rings is 1. The van der Waals surface area contributed by atoms with Crippen molar-refractivity contribution < 1.29 is 18.4 Å². The fraction of sp³-hybridized carbons (Fsp3) is 0.429. The highest BCUT2D eigenvalue weighted by Crippen LogP contribution is 2.39. The maximum Gasteiger partial charge on any atom is 0.287 e. The molecule has 0 atom stereocenters. The number of aryl methyl sites for hydroxylation is 1. The van der Waals surface area contributed by atoms with E-state index in [1.807, 2.05) is 0 Å². The first-order valence-corrected chi connectivity index (χ1v) is 9.24. The Morgan fingerprint density at radius 1 is 1.12 bits per heavy atom. The third kappa shape index (κ3) is 2.75. The van der Waals surface area contributed by atoms with Gasteiger partial charge in [0.25, 0.3) is 5.91 Å². The molecule has 2 aliphatic rings. The average molecular weight is 355 g/mol. The summed E-state index contributed by atoms with van der Waals surface area (Å²) in [6.45, 7) is 1.78. The summed E-state index contributed by atoms with van der Waals surface area (Å²) in [4.78, 5) is 25.2. The summed E-state index contributed by atoms with van der Waals surface area (Å²) in [5, 5.41) is 3.14. The molecule has 1 N–H and O–H groups in total. The first-order valence-electron chi connectivity index (χ1n) is 9.24. The van der Waals surface area contributed by atoms with E-state index in [1.165, 1.54) is 12.1 Å². The van der Waals surface area contributed by atoms with E-state index in [9.17, 15) is 14.0 Å². The van der Waals surface area contributed by atoms with Crippen molar-refractivity contribution in [1.29, 1.82) is 0 Å². The van der Waals surface area contributed by atoms with Crippen LogP contribution in [0.25, 0.3) is 0 Å². The third-order valence-electron chi connectivity index (χ3n) is 5.72. The number of hydrogen-bond donors (Lipinski definition) is 1. The number of amides is 1. The van der Waals surface area contributed by atoms with Gasteiger partial charge in [0.05, 0.1) is 11.1 Å². The van der Waals surface area contributed by atoms with E-state index in [4.69, 9.17) is 4.42 Å². The number of rotatable bonds is 3. The molecule has 0 unspecified atom stereocenters. The minimum Gasteiger partial charge on any atom is -0.455 e. The molecular formula is C21H22FNO3. The van der Waals surface area contributed by atoms with Gasteiger partial charge < -0.3 is 9.73 Å². The molecule has 1 saturated carbocycles. The van der Waals surface area contributed by atoms with Gasteiger partial charge in [0.15, 0.2) is 11.5 Å². The molecule has 4 nitrogen and oxygen atoms in total. The lowest BCUT2D eigenvalue weighted by Crippen LogP contribution is -2.43. The molecule has 1 heterocycles. The van der Waals surface area contributed by atoms with Crippen molar-refractivity contribution in [2.45, 2.75) is 57.4 Å². The van der Waals surface area contributed by atoms with Crippen LogP contribution < -0.4 is 5.32 Å². The Morgan fingerprint density at radius 3 is 2.46 bits per heavy atom. The highest BCUT2D eigenvalue weighted by atomic mass is 19.1. The van der Waals surface area contributed by atoms with E-state index in [1.54, 1.807) is 19.1 Å². The molecule has 2 aliphatic carbocycles. The largest absolute Gasteiger partial charge is 0.455 e. The molecule has 1 amide bonds. The molecule has 1 aromatic heterocycles. The van der Waals surface area contributed by atoms with E-state index in [-0.39, 0.29) is 23.3 Å². The van der Waals surface area contributed by atoms with Crippen molar-refractivity contribution in [2.24, 2.45) is 0 Å². The Bertz CT molecular complexity index is 860. The van der Waals surface area contributed by atoms with Gasteiger partial charge in [0.2, 0.25) is 0 Å². The lowest BCUT2D eigenvalue weighted by atomic mass is 9.87. The van der Waals surface area contributed by atoms with Gasteiger partial charge >= 0.3 is 0 Å². The van der Waals surface area contributed by atoms with Crippen LogP contribution in [0, 0.1) is 12.7 Å². The number of fused-ring (bicyclic) bond motifs is 1. The smallest absolute Gasteiger partial charge is 0.287 e. The first kappa shape index (κ1) is 17.0. The SMILES string of the molecule is Cc1c(C(=O)NC2(c3ccc(F)cc3)CCCC2)oc2c1C(=O)CCC2. The zero-order valence-corrected chi connectivity index (χ0v) is 14.9. The highest BCUT2D eigenvalue weighted by Gasteiger charge is 2.39. The Hall–Kier alpha value is -2.43. The van der Waals surface area contributed by atoms with E-state index >= 15 is 0 Å². The maximum absolute atomic E-state index is 13.3. The van der Waals surface area contributed by atoms with E-state index in [0.717, 1.165) is 37.7 Å². The van der Waals surface area contributed by atoms with Crippen LogP contribution in [0.3, 0.4) is 0 Å². The molecule has 26 heavy (non-hydrogen) atoms. The van der Waals surface area contributed by atoms with Crippen LogP contribution in [0.4, 0.5) is 4.39 Å². The molecule has 0 radical (unpaired) electrons. The standard InChI is InChI=1S/C21H22FNO3/c1-13-18-16(24)5-4-6-17(18)26-19(13)20(25)23-21(11-2-3-12-21)14-7-9-15(22)10-8-14/h7-10H,2-6,11-12H2,1H3,(H,23,25). The number of halogens is 1. The van der Waals surface area contributed by atoms with Crippen molar-refractivity contribution in [2.75, 3.05) is 0 Å². The van der Waals surface area contributed by atoms with Crippen molar-refractivity contribution >= 4 is 11.7 Å². The summed E-state index contributed by atoms with van der Waals surface area (Å²) >= 11 is 0. The molecule has 4 rings (SSSR count). The van der Waals surface area contributed by atoms with Crippen LogP contribution in [0.15, 0.2) is 28.7 Å². The summed E-state index contributed by atoms with van der Waals surface area (Å²) in [7, 11) is 0. The van der Waals surface area contributed by atoms with Gasteiger partial charge in [-0.2, -0.15) is 0 Å². The Balaban J connectivity index is 1.66. The Labute approximate surface area is 151 Å². The van der Waals surface area contributed by atoms with Crippen LogP contribution in [0.1, 0.15) is 76.3 Å². The normalized spacial score (nSPS) is 18.6. The fourth-order valence-corrected chi connectivity index (χ4v) is 4.37. The molecule has 0 saturated heterocycles. The summed E-state index contributed by atoms with van der Waals surface area (Å²) < 4.78 is 19.1. The maximum atomic E-state index is 13.3. The van der Waals surface area contributed by atoms with Gasteiger partial charge in [-0.3, -0.25) is 9.59 Å². The second kappa shape index (κ2) is 6.38. The second-order valence-electron chi connectivity index (χ2n) is 7.38. The van der Waals surface area contributed by atoms with Crippen molar-refractivity contribution in [1.82, 2.24) is 5.32 Å². The van der Waals surface area contributed by atoms with Crippen LogP contribution >= 0.6 is 0 Å². The van der Waals surface area contributed by atoms with Crippen molar-refractivity contribution in [3.63, 3.8) is 0 Å². The van der Waals surface area contributed by atoms with Gasteiger partial charge in [-0.05, 0) is 43.9 Å². The number of nitrogens with one attached hydrogen (secondary N) is 1. The predicted octanol–water partition coefficient (Wildman–Crippen LogP) is 4.45. The zero-order valence-electron chi connectivity index (χ0n) is 14.9. The lowest BCUT2D eigenvalue weighted by Gasteiger charge is -2.30. The first-order chi connectivity index (χ1) is 12.5. The van der Waals surface area contributed by atoms with Crippen LogP contribution in [-0.2, 0) is 12.0 Å². The molecule has 0 bridgehead atoms. The van der Waals surface area contributed by atoms with Crippen LogP contribution in [-0.4, -0.2) is 11.7 Å². The van der Waals surface area contributed by atoms with Crippen molar-refractivity contribution in [3.05, 3.63) is 58.3 Å². The molecular weight excluding hydrogens is 333 g/mol. The fourth-order valence-electron chi connectivity index (χ4n) is 4.37. The van der Waals surface area contributed by atoms with Crippen LogP contribution in [0.5, 0.6) is 0 Å². The third-order valence-corrected chi connectivity index (χ3v) is 5.72. The van der Waals surface area contributed by atoms with E-state index < -0.39 is 5.54 Å². The summed E-state index contributed by atoms with van der Waals surface area (Å²) in [6.07, 6.45) is 5.59. The quantitative estimate of drug-likeness (QED) is 0.885. The number of ketones is 1. The number of carbonyl (C=O) groups is 2. The van der Waals surface area contributed by atoms with Crippen molar-refractivity contribution in [3.8, 4) is 0 Å². The van der Waals surface area contributed by atoms with Gasteiger partial charge in [0.1, 0.15) is 11.6 Å². The number of benzene rings is 1. The number of carbonyl (C=O) groups excluding carboxylic acids is 2. The highest BCUT2D eigenvalue weighted by molar-refractivity contribution is 6.03. The van der Waals surface area contributed by atoms with E-state index in [0.29, 0.717) is 29.7 Å². The monoisotopic (exact) mass is 355 g/mol. The lowest BCUT2D eigenvalue weighted by molar-refractivity contribution is 0.0865. The van der Waals surface area contributed by atoms with Gasteiger partial charge in [-0.1, -0.05) is 25.0 Å². The summed E-state index contributed by atoms with van der Waals surface area (Å²) in [6, 6.07) is 6.34. The molecule has 5 heteroatoms. The molecule has 1 fully saturated rings. The van der Waals surface area contributed by atoms with Gasteiger partial charge in [-0.25, -0.2) is 4.39 Å². The number of hydrogen-bond acceptors (Lipinski definition) is 3. The second-order valence-corrected chi connectivity index (χ2v) is 7.38. The minimum absolute atomic E-state index is 0.0562. The Morgan fingerprint density at radius 2 is 1.81 bits per heavy atom. The van der Waals surface area contributed by atoms with Gasteiger partial charge in [-0.15, -0.1) is 0 Å². The summed E-state index contributed by atoms with van der Waals surface area (Å²) in [5.74, 6) is 0.336. The van der Waals surface area contributed by atoms with Gasteiger partial charge in [0, 0.05) is 18.4 Å². The Kier molecular flexibility index (Phi) is 4.17. The topological polar surface area (TPSA) is 59.3 Å². The molecule has 0 spiro atoms. The van der Waals surface area contributed by atoms with E-state index in [2.05, 4.69) is 5.32 Å². The van der Waals surface area contributed by atoms with Crippen LogP contribution in [0.2, 0.25) is 0 Å². The molecule has 2 aromatic rings. The molecule has 0 aliphatic heterocycles. The zero-order chi connectivity index (χ0) is 18.3. The summed E-state index contributed by atoms with van der Waals surface area (Å²) in [5.41, 5.74) is 1.63. The molecule has 1 aromatic carbocycles. The predicted molar refractivity (Wildman–Crippen MR) is 94.7 cm³/mol. The average Bonchev–Trinajstić information content (AvgIpc) is 3.22. The molecule has 136 valence electrons. The number of Topliss-reactive ketones (excluding diaryl/α,β-unsaturated/α-hetero) is 1.